The van der Waals surface area contributed by atoms with Crippen LogP contribution in [0.5, 0.6) is 0 Å². The molecule has 0 aliphatic carbocycles. The second kappa shape index (κ2) is 7.21. The van der Waals surface area contributed by atoms with Crippen molar-refractivity contribution >= 4 is 17.7 Å². The van der Waals surface area contributed by atoms with Crippen LogP contribution in [0.3, 0.4) is 0 Å². The van der Waals surface area contributed by atoms with Crippen LogP contribution in [-0.4, -0.2) is 61.0 Å². The summed E-state index contributed by atoms with van der Waals surface area (Å²) in [6.45, 7) is 3.24. The Balaban J connectivity index is 1.98. The zero-order chi connectivity index (χ0) is 15.2. The fourth-order valence-electron chi connectivity index (χ4n) is 2.40. The highest BCUT2D eigenvalue weighted by Gasteiger charge is 2.25. The number of nitrogens with two attached hydrogens (primary N) is 1. The van der Waals surface area contributed by atoms with Crippen molar-refractivity contribution in [1.82, 2.24) is 14.9 Å². The molecule has 0 saturated carbocycles. The van der Waals surface area contributed by atoms with E-state index < -0.39 is 0 Å². The lowest BCUT2D eigenvalue weighted by Gasteiger charge is -2.31. The third kappa shape index (κ3) is 4.56. The van der Waals surface area contributed by atoms with Crippen molar-refractivity contribution in [2.45, 2.75) is 12.8 Å². The first-order valence-corrected chi connectivity index (χ1v) is 7.32. The Morgan fingerprint density at radius 3 is 3.10 bits per heavy atom. The van der Waals surface area contributed by atoms with Crippen LogP contribution in [0.15, 0.2) is 12.3 Å². The molecule has 1 unspecified atom stereocenters. The van der Waals surface area contributed by atoms with Crippen LogP contribution in [0.25, 0.3) is 0 Å². The number of nitrogens with zero attached hydrogens (tertiary/aromatic N) is 4. The van der Waals surface area contributed by atoms with Gasteiger partial charge in [-0.15, -0.1) is 0 Å². The number of aromatic nitrogens is 2. The molecule has 1 saturated heterocycles. The molecule has 21 heavy (non-hydrogen) atoms. The average Bonchev–Trinajstić information content (AvgIpc) is 2.47. The van der Waals surface area contributed by atoms with Gasteiger partial charge in [-0.3, -0.25) is 4.79 Å². The summed E-state index contributed by atoms with van der Waals surface area (Å²) in [5.41, 5.74) is 5.41. The number of carbonyl (C=O) groups excluding carboxylic acids is 1. The van der Waals surface area contributed by atoms with E-state index in [1.165, 1.54) is 0 Å². The van der Waals surface area contributed by atoms with Crippen molar-refractivity contribution in [2.75, 3.05) is 50.5 Å². The standard InChI is InChI=1S/C14H24N6O/c1-19(2)9-7-16-12-5-6-17-14(18-12)20-8-3-4-11(10-20)13(15)21/h5-6,11H,3-4,7-10H2,1-2H3,(H2,15,21)(H,16,17,18). The molecule has 116 valence electrons. The van der Waals surface area contributed by atoms with Crippen LogP contribution in [-0.2, 0) is 4.79 Å². The number of nitrogens with one attached hydrogen (secondary N) is 1. The summed E-state index contributed by atoms with van der Waals surface area (Å²) in [7, 11) is 4.07. The summed E-state index contributed by atoms with van der Waals surface area (Å²) in [6.07, 6.45) is 3.54. The largest absolute Gasteiger partial charge is 0.369 e. The Morgan fingerprint density at radius 2 is 2.38 bits per heavy atom. The van der Waals surface area contributed by atoms with E-state index in [1.807, 2.05) is 25.1 Å². The first-order valence-electron chi connectivity index (χ1n) is 7.32. The summed E-state index contributed by atoms with van der Waals surface area (Å²) in [6, 6.07) is 1.86. The number of amides is 1. The highest BCUT2D eigenvalue weighted by atomic mass is 16.1. The molecule has 0 spiro atoms. The number of piperidine rings is 1. The maximum Gasteiger partial charge on any atom is 0.227 e. The molecule has 1 aromatic heterocycles. The predicted molar refractivity (Wildman–Crippen MR) is 83.2 cm³/mol. The Hall–Kier alpha value is -1.89. The van der Waals surface area contributed by atoms with Crippen LogP contribution < -0.4 is 16.0 Å². The molecular formula is C14H24N6O. The quantitative estimate of drug-likeness (QED) is 0.776. The van der Waals surface area contributed by atoms with Gasteiger partial charge in [-0.25, -0.2) is 4.98 Å². The van der Waals surface area contributed by atoms with Crippen LogP contribution in [0.4, 0.5) is 11.8 Å². The number of rotatable bonds is 6. The zero-order valence-corrected chi connectivity index (χ0v) is 12.7. The van der Waals surface area contributed by atoms with Gasteiger partial charge in [0.15, 0.2) is 0 Å². The SMILES string of the molecule is CN(C)CCNc1ccnc(N2CCCC(C(N)=O)C2)n1. The fourth-order valence-corrected chi connectivity index (χ4v) is 2.40. The highest BCUT2D eigenvalue weighted by molar-refractivity contribution is 5.77. The number of anilines is 2. The highest BCUT2D eigenvalue weighted by Crippen LogP contribution is 2.20. The molecule has 0 aromatic carbocycles. The van der Waals surface area contributed by atoms with Crippen LogP contribution >= 0.6 is 0 Å². The minimum atomic E-state index is -0.236. The van der Waals surface area contributed by atoms with Crippen molar-refractivity contribution in [2.24, 2.45) is 11.7 Å². The predicted octanol–water partition coefficient (Wildman–Crippen LogP) is 0.152. The summed E-state index contributed by atoms with van der Waals surface area (Å²) in [4.78, 5) is 24.3. The number of likely N-dealkylation sites (N-methyl/N-ethyl adjacent to an activating group) is 1. The molecule has 3 N–H and O–H groups in total. The van der Waals surface area contributed by atoms with Crippen molar-refractivity contribution < 1.29 is 4.79 Å². The van der Waals surface area contributed by atoms with Crippen molar-refractivity contribution in [3.63, 3.8) is 0 Å². The molecule has 7 nitrogen and oxygen atoms in total. The van der Waals surface area contributed by atoms with Crippen molar-refractivity contribution in [1.29, 1.82) is 0 Å². The van der Waals surface area contributed by atoms with E-state index in [9.17, 15) is 4.79 Å². The Bertz CT molecular complexity index is 478. The van der Waals surface area contributed by atoms with E-state index in [0.29, 0.717) is 12.5 Å². The minimum absolute atomic E-state index is 0.104. The molecule has 1 fully saturated rings. The van der Waals surface area contributed by atoms with Gasteiger partial charge in [-0.05, 0) is 33.0 Å². The maximum absolute atomic E-state index is 11.3. The Morgan fingerprint density at radius 1 is 1.57 bits per heavy atom. The molecular weight excluding hydrogens is 268 g/mol. The van der Waals surface area contributed by atoms with Gasteiger partial charge in [0.1, 0.15) is 5.82 Å². The molecule has 1 atom stereocenters. The van der Waals surface area contributed by atoms with E-state index in [0.717, 1.165) is 38.3 Å². The monoisotopic (exact) mass is 292 g/mol. The smallest absolute Gasteiger partial charge is 0.227 e. The average molecular weight is 292 g/mol. The molecule has 0 radical (unpaired) electrons. The molecule has 1 amide bonds. The maximum atomic E-state index is 11.3. The minimum Gasteiger partial charge on any atom is -0.369 e. The number of primary amides is 1. The molecule has 2 heterocycles. The second-order valence-electron chi connectivity index (χ2n) is 5.66. The van der Waals surface area contributed by atoms with E-state index in [2.05, 4.69) is 20.2 Å². The lowest BCUT2D eigenvalue weighted by Crippen LogP contribution is -2.41. The van der Waals surface area contributed by atoms with Gasteiger partial charge in [0.2, 0.25) is 11.9 Å². The number of hydrogen-bond acceptors (Lipinski definition) is 6. The van der Waals surface area contributed by atoms with Crippen LogP contribution in [0.1, 0.15) is 12.8 Å². The molecule has 1 aliphatic heterocycles. The van der Waals surface area contributed by atoms with Gasteiger partial charge >= 0.3 is 0 Å². The summed E-state index contributed by atoms with van der Waals surface area (Å²) in [5, 5.41) is 3.28. The molecule has 7 heteroatoms. The van der Waals surface area contributed by atoms with E-state index in [-0.39, 0.29) is 11.8 Å². The number of carbonyl (C=O) groups is 1. The van der Waals surface area contributed by atoms with Gasteiger partial charge in [0.25, 0.3) is 0 Å². The Kier molecular flexibility index (Phi) is 5.32. The molecule has 1 aliphatic rings. The molecule has 1 aromatic rings. The van der Waals surface area contributed by atoms with E-state index in [1.54, 1.807) is 6.20 Å². The summed E-state index contributed by atoms with van der Waals surface area (Å²) < 4.78 is 0. The zero-order valence-electron chi connectivity index (χ0n) is 12.7. The third-order valence-electron chi connectivity index (χ3n) is 3.61. The number of hydrogen-bond donors (Lipinski definition) is 2. The van der Waals surface area contributed by atoms with Gasteiger partial charge in [0.05, 0.1) is 5.92 Å². The van der Waals surface area contributed by atoms with Crippen LogP contribution in [0.2, 0.25) is 0 Å². The first-order chi connectivity index (χ1) is 10.1. The topological polar surface area (TPSA) is 87.4 Å². The lowest BCUT2D eigenvalue weighted by atomic mass is 9.98. The van der Waals surface area contributed by atoms with Crippen LogP contribution in [0, 0.1) is 5.92 Å². The van der Waals surface area contributed by atoms with Crippen molar-refractivity contribution in [3.05, 3.63) is 12.3 Å². The normalized spacial score (nSPS) is 18.8. The van der Waals surface area contributed by atoms with Gasteiger partial charge < -0.3 is 20.9 Å². The lowest BCUT2D eigenvalue weighted by molar-refractivity contribution is -0.122. The summed E-state index contributed by atoms with van der Waals surface area (Å²) in [5.74, 6) is 1.13. The van der Waals surface area contributed by atoms with Gasteiger partial charge in [0, 0.05) is 32.4 Å². The van der Waals surface area contributed by atoms with E-state index in [4.69, 9.17) is 5.73 Å². The van der Waals surface area contributed by atoms with E-state index >= 15 is 0 Å². The molecule has 2 rings (SSSR count). The Labute approximate surface area is 125 Å². The summed E-state index contributed by atoms with van der Waals surface area (Å²) >= 11 is 0. The van der Waals surface area contributed by atoms with Crippen molar-refractivity contribution in [3.8, 4) is 0 Å². The first kappa shape index (κ1) is 15.5. The third-order valence-corrected chi connectivity index (χ3v) is 3.61. The van der Waals surface area contributed by atoms with Gasteiger partial charge in [-0.1, -0.05) is 0 Å². The van der Waals surface area contributed by atoms with Gasteiger partial charge in [-0.2, -0.15) is 4.98 Å². The molecule has 0 bridgehead atoms. The fraction of sp³-hybridized carbons (Fsp3) is 0.643. The second-order valence-corrected chi connectivity index (χ2v) is 5.66.